The van der Waals surface area contributed by atoms with Crippen LogP contribution in [0.15, 0.2) is 83.7 Å². The molecule has 0 amide bonds. The Morgan fingerprint density at radius 2 is 1.24 bits per heavy atom. The molecule has 0 saturated heterocycles. The lowest BCUT2D eigenvalue weighted by Crippen LogP contribution is -2.22. The van der Waals surface area contributed by atoms with E-state index in [1.165, 1.54) is 0 Å². The standard InChI is InChI=1S/C23H18N4O2/c1-2-29-18-14-12-17(13-15-18)27-22-21(24-19-10-6-7-11-20(19)25-22)26(23(27)28)16-8-4-3-5-9-16/h3-15H,2H2,1H3. The average molecular weight is 382 g/mol. The predicted molar refractivity (Wildman–Crippen MR) is 113 cm³/mol. The zero-order valence-electron chi connectivity index (χ0n) is 15.8. The molecule has 0 spiro atoms. The van der Waals surface area contributed by atoms with Crippen molar-refractivity contribution in [1.29, 1.82) is 0 Å². The molecule has 3 aromatic carbocycles. The van der Waals surface area contributed by atoms with Crippen LogP contribution in [0.25, 0.3) is 33.7 Å². The SMILES string of the molecule is CCOc1ccc(-n2c(=O)n(-c3ccccc3)c3nc4ccccc4nc32)cc1. The number of ether oxygens (including phenoxy) is 1. The van der Waals surface area contributed by atoms with Gasteiger partial charge < -0.3 is 4.74 Å². The average Bonchev–Trinajstić information content (AvgIpc) is 3.04. The molecule has 0 atom stereocenters. The largest absolute Gasteiger partial charge is 0.494 e. The van der Waals surface area contributed by atoms with Crippen LogP contribution >= 0.6 is 0 Å². The van der Waals surface area contributed by atoms with Gasteiger partial charge in [0.15, 0.2) is 11.3 Å². The van der Waals surface area contributed by atoms with E-state index >= 15 is 0 Å². The molecule has 0 aliphatic rings. The third-order valence-electron chi connectivity index (χ3n) is 4.76. The molecule has 0 N–H and O–H groups in total. The minimum absolute atomic E-state index is 0.217. The van der Waals surface area contributed by atoms with E-state index in [0.717, 1.165) is 22.5 Å². The van der Waals surface area contributed by atoms with Crippen molar-refractivity contribution in [2.75, 3.05) is 6.61 Å². The molecule has 5 aromatic rings. The Morgan fingerprint density at radius 3 is 1.79 bits per heavy atom. The maximum atomic E-state index is 13.5. The molecule has 0 fully saturated rings. The number of hydrogen-bond acceptors (Lipinski definition) is 4. The molecule has 29 heavy (non-hydrogen) atoms. The third kappa shape index (κ3) is 2.86. The van der Waals surface area contributed by atoms with Gasteiger partial charge in [-0.15, -0.1) is 0 Å². The number of nitrogens with zero attached hydrogens (tertiary/aromatic N) is 4. The molecule has 2 aromatic heterocycles. The van der Waals surface area contributed by atoms with Crippen LogP contribution in [0.2, 0.25) is 0 Å². The van der Waals surface area contributed by atoms with Crippen molar-refractivity contribution in [3.05, 3.63) is 89.3 Å². The summed E-state index contributed by atoms with van der Waals surface area (Å²) in [6.45, 7) is 2.52. The van der Waals surface area contributed by atoms with Gasteiger partial charge >= 0.3 is 5.69 Å². The lowest BCUT2D eigenvalue weighted by Gasteiger charge is -2.06. The Labute approximate surface area is 166 Å². The van der Waals surface area contributed by atoms with E-state index in [-0.39, 0.29) is 5.69 Å². The summed E-state index contributed by atoms with van der Waals surface area (Å²) in [5.41, 5.74) is 3.76. The number of aromatic nitrogens is 4. The second-order valence-corrected chi connectivity index (χ2v) is 6.58. The van der Waals surface area contributed by atoms with Crippen LogP contribution in [0.5, 0.6) is 5.75 Å². The van der Waals surface area contributed by atoms with E-state index in [4.69, 9.17) is 14.7 Å². The van der Waals surface area contributed by atoms with Crippen molar-refractivity contribution in [3.8, 4) is 17.1 Å². The fourth-order valence-corrected chi connectivity index (χ4v) is 3.46. The molecular weight excluding hydrogens is 364 g/mol. The van der Waals surface area contributed by atoms with Crippen LogP contribution in [0.3, 0.4) is 0 Å². The smallest absolute Gasteiger partial charge is 0.340 e. The molecule has 0 saturated carbocycles. The minimum Gasteiger partial charge on any atom is -0.494 e. The highest BCUT2D eigenvalue weighted by Crippen LogP contribution is 2.22. The van der Waals surface area contributed by atoms with Gasteiger partial charge in [-0.1, -0.05) is 30.3 Å². The number of fused-ring (bicyclic) bond motifs is 2. The van der Waals surface area contributed by atoms with Crippen molar-refractivity contribution >= 4 is 22.3 Å². The van der Waals surface area contributed by atoms with Crippen molar-refractivity contribution in [1.82, 2.24) is 19.1 Å². The van der Waals surface area contributed by atoms with Crippen LogP contribution in [0.1, 0.15) is 6.92 Å². The Balaban J connectivity index is 1.84. The predicted octanol–water partition coefficient (Wildman–Crippen LogP) is 4.12. The number of para-hydroxylation sites is 3. The van der Waals surface area contributed by atoms with Gasteiger partial charge in [-0.05, 0) is 55.5 Å². The molecule has 6 nitrogen and oxygen atoms in total. The van der Waals surface area contributed by atoms with Gasteiger partial charge in [-0.2, -0.15) is 0 Å². The van der Waals surface area contributed by atoms with Gasteiger partial charge in [0.1, 0.15) is 5.75 Å². The first kappa shape index (κ1) is 17.2. The summed E-state index contributed by atoms with van der Waals surface area (Å²) < 4.78 is 8.72. The van der Waals surface area contributed by atoms with Gasteiger partial charge in [0.05, 0.1) is 29.0 Å². The normalized spacial score (nSPS) is 11.2. The summed E-state index contributed by atoms with van der Waals surface area (Å²) in [4.78, 5) is 23.0. The highest BCUT2D eigenvalue weighted by molar-refractivity contribution is 5.84. The molecule has 5 rings (SSSR count). The number of hydrogen-bond donors (Lipinski definition) is 0. The van der Waals surface area contributed by atoms with E-state index < -0.39 is 0 Å². The molecule has 2 heterocycles. The maximum Gasteiger partial charge on any atom is 0.340 e. The van der Waals surface area contributed by atoms with Crippen molar-refractivity contribution in [3.63, 3.8) is 0 Å². The van der Waals surface area contributed by atoms with Gasteiger partial charge in [0.25, 0.3) is 0 Å². The van der Waals surface area contributed by atoms with Crippen molar-refractivity contribution in [2.24, 2.45) is 0 Å². The molecule has 0 radical (unpaired) electrons. The highest BCUT2D eigenvalue weighted by Gasteiger charge is 2.19. The highest BCUT2D eigenvalue weighted by atomic mass is 16.5. The maximum absolute atomic E-state index is 13.5. The van der Waals surface area contributed by atoms with E-state index in [2.05, 4.69) is 0 Å². The second-order valence-electron chi connectivity index (χ2n) is 6.58. The van der Waals surface area contributed by atoms with Gasteiger partial charge in [0, 0.05) is 0 Å². The Kier molecular flexibility index (Phi) is 4.09. The number of imidazole rings is 1. The van der Waals surface area contributed by atoms with Crippen LogP contribution in [-0.4, -0.2) is 25.7 Å². The molecule has 0 aliphatic heterocycles. The lowest BCUT2D eigenvalue weighted by molar-refractivity contribution is 0.340. The van der Waals surface area contributed by atoms with E-state index in [1.54, 1.807) is 9.13 Å². The summed E-state index contributed by atoms with van der Waals surface area (Å²) in [5, 5.41) is 0. The fraction of sp³-hybridized carbons (Fsp3) is 0.0870. The Morgan fingerprint density at radius 1 is 0.724 bits per heavy atom. The van der Waals surface area contributed by atoms with Gasteiger partial charge in [-0.25, -0.2) is 23.9 Å². The van der Waals surface area contributed by atoms with Crippen molar-refractivity contribution in [2.45, 2.75) is 6.92 Å². The number of benzene rings is 3. The zero-order valence-corrected chi connectivity index (χ0v) is 15.8. The van der Waals surface area contributed by atoms with Gasteiger partial charge in [0.2, 0.25) is 0 Å². The summed E-state index contributed by atoms with van der Waals surface area (Å²) in [7, 11) is 0. The van der Waals surface area contributed by atoms with E-state index in [1.807, 2.05) is 85.8 Å². The van der Waals surface area contributed by atoms with Gasteiger partial charge in [-0.3, -0.25) is 0 Å². The molecule has 0 aliphatic carbocycles. The van der Waals surface area contributed by atoms with Crippen LogP contribution in [0.4, 0.5) is 0 Å². The summed E-state index contributed by atoms with van der Waals surface area (Å²) in [6.07, 6.45) is 0. The summed E-state index contributed by atoms with van der Waals surface area (Å²) >= 11 is 0. The monoisotopic (exact) mass is 382 g/mol. The topological polar surface area (TPSA) is 61.9 Å². The molecular formula is C23H18N4O2. The van der Waals surface area contributed by atoms with Crippen molar-refractivity contribution < 1.29 is 4.74 Å². The molecule has 0 bridgehead atoms. The van der Waals surface area contributed by atoms with E-state index in [0.29, 0.717) is 23.6 Å². The van der Waals surface area contributed by atoms with Crippen LogP contribution in [0, 0.1) is 0 Å². The lowest BCUT2D eigenvalue weighted by atomic mass is 10.3. The van der Waals surface area contributed by atoms with Crippen LogP contribution < -0.4 is 10.4 Å². The molecule has 6 heteroatoms. The fourth-order valence-electron chi connectivity index (χ4n) is 3.46. The first-order valence-electron chi connectivity index (χ1n) is 9.45. The molecule has 142 valence electrons. The number of rotatable bonds is 4. The first-order valence-corrected chi connectivity index (χ1v) is 9.45. The third-order valence-corrected chi connectivity index (χ3v) is 4.76. The zero-order chi connectivity index (χ0) is 19.8. The summed E-state index contributed by atoms with van der Waals surface area (Å²) in [6, 6.07) is 24.5. The minimum atomic E-state index is -0.217. The second kappa shape index (κ2) is 6.91. The Bertz CT molecular complexity index is 1370. The Hall–Kier alpha value is -3.93. The van der Waals surface area contributed by atoms with Crippen LogP contribution in [-0.2, 0) is 0 Å². The quantitative estimate of drug-likeness (QED) is 0.469. The summed E-state index contributed by atoms with van der Waals surface area (Å²) in [5.74, 6) is 0.757. The first-order chi connectivity index (χ1) is 14.3. The molecule has 0 unspecified atom stereocenters. The van der Waals surface area contributed by atoms with E-state index in [9.17, 15) is 4.79 Å².